The molecule has 0 atom stereocenters. The summed E-state index contributed by atoms with van der Waals surface area (Å²) in [5.74, 6) is 1.50. The van der Waals surface area contributed by atoms with Crippen LogP contribution in [0.1, 0.15) is 23.6 Å². The minimum Gasteiger partial charge on any atom is -0.490 e. The molecule has 0 fully saturated rings. The number of hydrogen-bond donors (Lipinski definition) is 1. The van der Waals surface area contributed by atoms with Gasteiger partial charge in [0.2, 0.25) is 0 Å². The third kappa shape index (κ3) is 6.17. The maximum atomic E-state index is 6.12. The smallest absolute Gasteiger partial charge is 0.174 e. The fourth-order valence-electron chi connectivity index (χ4n) is 2.84. The molecule has 3 nitrogen and oxygen atoms in total. The Bertz CT molecular complexity index is 977. The molecule has 3 aromatic rings. The molecule has 0 aromatic heterocycles. The highest BCUT2D eigenvalue weighted by Gasteiger charge is 2.13. The van der Waals surface area contributed by atoms with Gasteiger partial charge in [0.05, 0.1) is 10.2 Å². The predicted octanol–water partition coefficient (Wildman–Crippen LogP) is 7.50. The third-order valence-corrected chi connectivity index (χ3v) is 5.64. The lowest BCUT2D eigenvalue weighted by molar-refractivity contribution is 0.267. The second-order valence-corrected chi connectivity index (χ2v) is 8.60. The summed E-state index contributed by atoms with van der Waals surface area (Å²) in [5.41, 5.74) is 4.33. The van der Waals surface area contributed by atoms with Crippen molar-refractivity contribution in [1.29, 1.82) is 0 Å². The maximum absolute atomic E-state index is 6.12. The normalized spacial score (nSPS) is 10.7. The van der Waals surface area contributed by atoms with Crippen LogP contribution in [0.2, 0.25) is 10.0 Å². The van der Waals surface area contributed by atoms with E-state index in [0.29, 0.717) is 29.8 Å². The number of aryl methyl sites for hydroxylation is 1. The number of nitrogens with one attached hydrogen (secondary N) is 1. The van der Waals surface area contributed by atoms with Crippen LogP contribution in [0.5, 0.6) is 11.5 Å². The Morgan fingerprint density at radius 1 is 0.897 bits per heavy atom. The molecule has 0 spiro atoms. The first-order valence-corrected chi connectivity index (χ1v) is 11.1. The van der Waals surface area contributed by atoms with E-state index in [0.717, 1.165) is 37.4 Å². The van der Waals surface area contributed by atoms with Crippen molar-refractivity contribution in [2.24, 2.45) is 0 Å². The lowest BCUT2D eigenvalue weighted by Crippen LogP contribution is -2.05. The van der Waals surface area contributed by atoms with E-state index >= 15 is 0 Å². The molecule has 0 aliphatic rings. The van der Waals surface area contributed by atoms with E-state index in [2.05, 4.69) is 40.9 Å². The van der Waals surface area contributed by atoms with Crippen molar-refractivity contribution in [2.75, 3.05) is 11.9 Å². The minimum atomic E-state index is 0.451. The number of hydrogen-bond acceptors (Lipinski definition) is 3. The molecule has 3 aromatic carbocycles. The van der Waals surface area contributed by atoms with Gasteiger partial charge in [-0.15, -0.1) is 0 Å². The van der Waals surface area contributed by atoms with Crippen LogP contribution in [0, 0.1) is 10.5 Å². The van der Waals surface area contributed by atoms with Gasteiger partial charge < -0.3 is 14.8 Å². The monoisotopic (exact) mass is 541 g/mol. The summed E-state index contributed by atoms with van der Waals surface area (Å²) in [6.07, 6.45) is 0. The van der Waals surface area contributed by atoms with Crippen LogP contribution in [0.15, 0.2) is 54.6 Å². The molecule has 0 radical (unpaired) electrons. The maximum Gasteiger partial charge on any atom is 0.174 e. The molecule has 29 heavy (non-hydrogen) atoms. The largest absolute Gasteiger partial charge is 0.490 e. The Kier molecular flexibility index (Phi) is 7.92. The quantitative estimate of drug-likeness (QED) is 0.299. The molecule has 0 amide bonds. The van der Waals surface area contributed by atoms with Crippen LogP contribution in [0.25, 0.3) is 0 Å². The summed E-state index contributed by atoms with van der Waals surface area (Å²) in [6.45, 7) is 5.71. The van der Waals surface area contributed by atoms with Gasteiger partial charge in [0.25, 0.3) is 0 Å². The zero-order valence-electron chi connectivity index (χ0n) is 16.3. The first kappa shape index (κ1) is 22.1. The van der Waals surface area contributed by atoms with Crippen LogP contribution in [0.4, 0.5) is 5.69 Å². The second kappa shape index (κ2) is 10.4. The topological polar surface area (TPSA) is 30.5 Å². The zero-order valence-corrected chi connectivity index (χ0v) is 19.9. The first-order valence-electron chi connectivity index (χ1n) is 9.28. The highest BCUT2D eigenvalue weighted by atomic mass is 127. The molecule has 3 rings (SSSR count). The summed E-state index contributed by atoms with van der Waals surface area (Å²) in [4.78, 5) is 0. The van der Waals surface area contributed by atoms with Crippen LogP contribution in [-0.4, -0.2) is 6.61 Å². The number of benzene rings is 3. The van der Waals surface area contributed by atoms with Gasteiger partial charge in [-0.1, -0.05) is 41.4 Å². The summed E-state index contributed by atoms with van der Waals surface area (Å²) in [6, 6.07) is 17.6. The standard InChI is InChI=1S/C23H22Cl2INO2/c1-3-28-22-11-17(13-27-21-12-19(25)7-4-15(21)2)10-20(26)23(22)29-14-16-5-8-18(24)9-6-16/h4-12,27H,3,13-14H2,1-2H3. The predicted molar refractivity (Wildman–Crippen MR) is 130 cm³/mol. The Labute approximate surface area is 195 Å². The molecule has 0 heterocycles. The highest BCUT2D eigenvalue weighted by Crippen LogP contribution is 2.35. The lowest BCUT2D eigenvalue weighted by Gasteiger charge is -2.17. The van der Waals surface area contributed by atoms with Gasteiger partial charge in [0.15, 0.2) is 11.5 Å². The SMILES string of the molecule is CCOc1cc(CNc2cc(Cl)ccc2C)cc(I)c1OCc1ccc(Cl)cc1. The van der Waals surface area contributed by atoms with Crippen molar-refractivity contribution in [3.63, 3.8) is 0 Å². The summed E-state index contributed by atoms with van der Waals surface area (Å²) >= 11 is 14.4. The number of rotatable bonds is 8. The summed E-state index contributed by atoms with van der Waals surface area (Å²) < 4.78 is 12.9. The molecule has 0 bridgehead atoms. The lowest BCUT2D eigenvalue weighted by atomic mass is 10.1. The van der Waals surface area contributed by atoms with Crippen LogP contribution in [-0.2, 0) is 13.2 Å². The van der Waals surface area contributed by atoms with E-state index < -0.39 is 0 Å². The zero-order chi connectivity index (χ0) is 20.8. The molecular formula is C23H22Cl2INO2. The minimum absolute atomic E-state index is 0.451. The Morgan fingerprint density at radius 3 is 2.34 bits per heavy atom. The van der Waals surface area contributed by atoms with Gasteiger partial charge in [-0.25, -0.2) is 0 Å². The highest BCUT2D eigenvalue weighted by molar-refractivity contribution is 14.1. The second-order valence-electron chi connectivity index (χ2n) is 6.57. The van der Waals surface area contributed by atoms with Crippen LogP contribution < -0.4 is 14.8 Å². The van der Waals surface area contributed by atoms with Crippen LogP contribution >= 0.6 is 45.8 Å². The molecule has 0 aliphatic heterocycles. The number of ether oxygens (including phenoxy) is 2. The van der Waals surface area contributed by atoms with Gasteiger partial charge in [-0.05, 0) is 89.5 Å². The van der Waals surface area contributed by atoms with Gasteiger partial charge in [-0.3, -0.25) is 0 Å². The molecule has 0 unspecified atom stereocenters. The molecule has 0 aliphatic carbocycles. The Hall–Kier alpha value is -1.63. The fourth-order valence-corrected chi connectivity index (χ4v) is 3.96. The summed E-state index contributed by atoms with van der Waals surface area (Å²) in [5, 5.41) is 4.88. The van der Waals surface area contributed by atoms with Crippen molar-refractivity contribution in [1.82, 2.24) is 0 Å². The third-order valence-electron chi connectivity index (χ3n) is 4.35. The first-order chi connectivity index (χ1) is 14.0. The van der Waals surface area contributed by atoms with Gasteiger partial charge >= 0.3 is 0 Å². The van der Waals surface area contributed by atoms with Gasteiger partial charge in [0, 0.05) is 22.3 Å². The molecule has 0 saturated heterocycles. The summed E-state index contributed by atoms with van der Waals surface area (Å²) in [7, 11) is 0. The Balaban J connectivity index is 1.76. The van der Waals surface area contributed by atoms with Crippen molar-refractivity contribution in [3.8, 4) is 11.5 Å². The van der Waals surface area contributed by atoms with E-state index in [1.807, 2.05) is 55.5 Å². The van der Waals surface area contributed by atoms with E-state index in [1.54, 1.807) is 0 Å². The Morgan fingerprint density at radius 2 is 1.62 bits per heavy atom. The average molecular weight is 542 g/mol. The van der Waals surface area contributed by atoms with Crippen molar-refractivity contribution in [3.05, 3.63) is 84.9 Å². The van der Waals surface area contributed by atoms with E-state index in [-0.39, 0.29) is 0 Å². The molecule has 6 heteroatoms. The molecule has 1 N–H and O–H groups in total. The van der Waals surface area contributed by atoms with Crippen molar-refractivity contribution >= 4 is 51.5 Å². The van der Waals surface area contributed by atoms with Gasteiger partial charge in [0.1, 0.15) is 6.61 Å². The fraction of sp³-hybridized carbons (Fsp3) is 0.217. The van der Waals surface area contributed by atoms with Crippen molar-refractivity contribution in [2.45, 2.75) is 27.0 Å². The number of anilines is 1. The van der Waals surface area contributed by atoms with Crippen molar-refractivity contribution < 1.29 is 9.47 Å². The van der Waals surface area contributed by atoms with Gasteiger partial charge in [-0.2, -0.15) is 0 Å². The molecular weight excluding hydrogens is 520 g/mol. The van der Waals surface area contributed by atoms with E-state index in [1.165, 1.54) is 0 Å². The molecule has 0 saturated carbocycles. The van der Waals surface area contributed by atoms with Crippen LogP contribution in [0.3, 0.4) is 0 Å². The molecule has 152 valence electrons. The van der Waals surface area contributed by atoms with E-state index in [4.69, 9.17) is 32.7 Å². The average Bonchev–Trinajstić information content (AvgIpc) is 2.69. The van der Waals surface area contributed by atoms with E-state index in [9.17, 15) is 0 Å². The number of halogens is 3.